The minimum Gasteiger partial charge on any atom is -0.379 e. The molecule has 1 atom stereocenters. The Kier molecular flexibility index (Phi) is 3.28. The van der Waals surface area contributed by atoms with Gasteiger partial charge in [-0.1, -0.05) is 12.8 Å². The molecule has 0 amide bonds. The fraction of sp³-hybridized carbons (Fsp3) is 0.667. The molecule has 0 saturated carbocycles. The summed E-state index contributed by atoms with van der Waals surface area (Å²) in [5, 5.41) is 9.23. The molecule has 0 bridgehead atoms. The van der Waals surface area contributed by atoms with E-state index in [1.165, 1.54) is 0 Å². The predicted molar refractivity (Wildman–Crippen MR) is 43.9 cm³/mol. The lowest BCUT2D eigenvalue weighted by atomic mass is 9.81. The van der Waals surface area contributed by atoms with Crippen molar-refractivity contribution in [2.24, 2.45) is 5.41 Å². The van der Waals surface area contributed by atoms with Gasteiger partial charge in [-0.05, 0) is 13.8 Å². The first-order valence-corrected chi connectivity index (χ1v) is 3.64. The molecule has 0 saturated heterocycles. The highest BCUT2D eigenvalue weighted by Crippen LogP contribution is 2.22. The van der Waals surface area contributed by atoms with Crippen molar-refractivity contribution in [2.45, 2.75) is 33.3 Å². The number of hydrogen-bond acceptors (Lipinski definition) is 2. The molecule has 0 aliphatic rings. The minimum absolute atomic E-state index is 0.0112. The molecule has 0 heterocycles. The first-order chi connectivity index (χ1) is 4.96. The molecule has 0 radical (unpaired) electrons. The van der Waals surface area contributed by atoms with Crippen molar-refractivity contribution in [2.75, 3.05) is 0 Å². The normalized spacial score (nSPS) is 13.7. The molecule has 0 spiro atoms. The third kappa shape index (κ3) is 2.06. The molecule has 1 N–H and O–H groups in total. The van der Waals surface area contributed by atoms with Gasteiger partial charge in [0, 0.05) is 6.42 Å². The van der Waals surface area contributed by atoms with Crippen molar-refractivity contribution in [3.63, 3.8) is 0 Å². The van der Waals surface area contributed by atoms with Crippen LogP contribution < -0.4 is 0 Å². The van der Waals surface area contributed by atoms with Crippen LogP contribution in [0.2, 0.25) is 0 Å². The van der Waals surface area contributed by atoms with Crippen LogP contribution in [0.15, 0.2) is 0 Å². The summed E-state index contributed by atoms with van der Waals surface area (Å²) >= 11 is 0. The van der Waals surface area contributed by atoms with E-state index in [9.17, 15) is 9.90 Å². The van der Waals surface area contributed by atoms with Crippen molar-refractivity contribution in [1.82, 2.24) is 0 Å². The number of aliphatic hydroxyl groups excluding tert-OH is 1. The molecular formula is C9H14O2. The summed E-state index contributed by atoms with van der Waals surface area (Å²) in [6, 6.07) is 0. The van der Waals surface area contributed by atoms with Crippen LogP contribution in [0.4, 0.5) is 0 Å². The lowest BCUT2D eigenvalue weighted by Crippen LogP contribution is -2.35. The van der Waals surface area contributed by atoms with Crippen molar-refractivity contribution in [1.29, 1.82) is 0 Å². The third-order valence-corrected chi connectivity index (χ3v) is 1.88. The lowest BCUT2D eigenvalue weighted by Gasteiger charge is -2.24. The Morgan fingerprint density at radius 1 is 1.73 bits per heavy atom. The number of aliphatic hydroxyl groups is 1. The zero-order valence-corrected chi connectivity index (χ0v) is 7.22. The fourth-order valence-electron chi connectivity index (χ4n) is 0.816. The monoisotopic (exact) mass is 154 g/mol. The number of ketones is 1. The van der Waals surface area contributed by atoms with E-state index in [0.717, 1.165) is 0 Å². The van der Waals surface area contributed by atoms with Crippen LogP contribution in [0.3, 0.4) is 0 Å². The van der Waals surface area contributed by atoms with E-state index in [4.69, 9.17) is 6.42 Å². The van der Waals surface area contributed by atoms with Crippen LogP contribution in [-0.2, 0) is 4.79 Å². The average Bonchev–Trinajstić information content (AvgIpc) is 2.01. The summed E-state index contributed by atoms with van der Waals surface area (Å²) in [7, 11) is 0. The van der Waals surface area contributed by atoms with Crippen LogP contribution >= 0.6 is 0 Å². The van der Waals surface area contributed by atoms with Crippen LogP contribution in [0.5, 0.6) is 0 Å². The van der Waals surface area contributed by atoms with Gasteiger partial charge in [0.1, 0.15) is 11.9 Å². The van der Waals surface area contributed by atoms with Crippen LogP contribution in [0, 0.1) is 17.8 Å². The number of rotatable bonds is 3. The SMILES string of the molecule is C#C[C@H](O)C(C)(C)C(=O)CC. The summed E-state index contributed by atoms with van der Waals surface area (Å²) < 4.78 is 0. The smallest absolute Gasteiger partial charge is 0.141 e. The van der Waals surface area contributed by atoms with Crippen molar-refractivity contribution in [3.05, 3.63) is 0 Å². The largest absolute Gasteiger partial charge is 0.379 e. The van der Waals surface area contributed by atoms with E-state index in [0.29, 0.717) is 6.42 Å². The van der Waals surface area contributed by atoms with Gasteiger partial charge in [0.25, 0.3) is 0 Å². The van der Waals surface area contributed by atoms with E-state index in [2.05, 4.69) is 5.92 Å². The van der Waals surface area contributed by atoms with Gasteiger partial charge in [0.2, 0.25) is 0 Å². The molecule has 0 aromatic carbocycles. The number of hydrogen-bond donors (Lipinski definition) is 1. The van der Waals surface area contributed by atoms with Crippen molar-refractivity contribution in [3.8, 4) is 12.3 Å². The van der Waals surface area contributed by atoms with Crippen molar-refractivity contribution >= 4 is 5.78 Å². The quantitative estimate of drug-likeness (QED) is 0.615. The summed E-state index contributed by atoms with van der Waals surface area (Å²) in [5.74, 6) is 2.14. The second-order valence-corrected chi connectivity index (χ2v) is 3.07. The molecule has 2 nitrogen and oxygen atoms in total. The van der Waals surface area contributed by atoms with Gasteiger partial charge in [0.15, 0.2) is 0 Å². The number of carbonyl (C=O) groups is 1. The molecule has 2 heteroatoms. The zero-order chi connectivity index (χ0) is 9.07. The summed E-state index contributed by atoms with van der Waals surface area (Å²) in [6.45, 7) is 5.07. The zero-order valence-electron chi connectivity index (χ0n) is 7.22. The molecule has 0 aliphatic carbocycles. The van der Waals surface area contributed by atoms with Gasteiger partial charge < -0.3 is 5.11 Å². The fourth-order valence-corrected chi connectivity index (χ4v) is 0.816. The van der Waals surface area contributed by atoms with Gasteiger partial charge >= 0.3 is 0 Å². The molecule has 0 fully saturated rings. The Balaban J connectivity index is 4.47. The van der Waals surface area contributed by atoms with Crippen LogP contribution in [0.25, 0.3) is 0 Å². The van der Waals surface area contributed by atoms with Gasteiger partial charge in [-0.3, -0.25) is 4.79 Å². The molecule has 0 aromatic rings. The van der Waals surface area contributed by atoms with E-state index in [-0.39, 0.29) is 5.78 Å². The van der Waals surface area contributed by atoms with Crippen LogP contribution in [-0.4, -0.2) is 17.0 Å². The highest BCUT2D eigenvalue weighted by molar-refractivity contribution is 5.84. The van der Waals surface area contributed by atoms with Gasteiger partial charge in [-0.15, -0.1) is 6.42 Å². The van der Waals surface area contributed by atoms with E-state index in [1.807, 2.05) is 0 Å². The predicted octanol–water partition coefficient (Wildman–Crippen LogP) is 0.986. The second kappa shape index (κ2) is 3.54. The number of carbonyl (C=O) groups excluding carboxylic acids is 1. The maximum atomic E-state index is 11.2. The van der Waals surface area contributed by atoms with Gasteiger partial charge in [-0.2, -0.15) is 0 Å². The molecule has 11 heavy (non-hydrogen) atoms. The molecular weight excluding hydrogens is 140 g/mol. The summed E-state index contributed by atoms with van der Waals surface area (Å²) in [6.07, 6.45) is 4.43. The Bertz CT molecular complexity index is 186. The van der Waals surface area contributed by atoms with Gasteiger partial charge in [-0.25, -0.2) is 0 Å². The molecule has 0 rings (SSSR count). The molecule has 62 valence electrons. The van der Waals surface area contributed by atoms with E-state index < -0.39 is 11.5 Å². The Morgan fingerprint density at radius 2 is 2.18 bits per heavy atom. The standard InChI is InChI=1S/C9H14O2/c1-5-7(10)9(3,4)8(11)6-2/h1,7,10H,6H2,2-4H3/t7-/m0/s1. The first-order valence-electron chi connectivity index (χ1n) is 3.64. The average molecular weight is 154 g/mol. The summed E-state index contributed by atoms with van der Waals surface area (Å²) in [4.78, 5) is 11.2. The van der Waals surface area contributed by atoms with E-state index >= 15 is 0 Å². The lowest BCUT2D eigenvalue weighted by molar-refractivity contribution is -0.130. The van der Waals surface area contributed by atoms with Gasteiger partial charge in [0.05, 0.1) is 5.41 Å². The second-order valence-electron chi connectivity index (χ2n) is 3.07. The Hall–Kier alpha value is -0.810. The number of terminal acetylenes is 1. The number of Topliss-reactive ketones (excluding diaryl/α,β-unsaturated/α-hetero) is 1. The van der Waals surface area contributed by atoms with Crippen LogP contribution in [0.1, 0.15) is 27.2 Å². The molecule has 0 aromatic heterocycles. The maximum absolute atomic E-state index is 11.2. The first kappa shape index (κ1) is 10.2. The summed E-state index contributed by atoms with van der Waals surface area (Å²) in [5.41, 5.74) is -0.802. The third-order valence-electron chi connectivity index (χ3n) is 1.88. The van der Waals surface area contributed by atoms with Crippen molar-refractivity contribution < 1.29 is 9.90 Å². The Morgan fingerprint density at radius 3 is 2.45 bits per heavy atom. The minimum atomic E-state index is -0.977. The highest BCUT2D eigenvalue weighted by atomic mass is 16.3. The van der Waals surface area contributed by atoms with E-state index in [1.54, 1.807) is 20.8 Å². The highest BCUT2D eigenvalue weighted by Gasteiger charge is 2.32. The topological polar surface area (TPSA) is 37.3 Å². The molecule has 0 unspecified atom stereocenters. The molecule has 0 aliphatic heterocycles. The maximum Gasteiger partial charge on any atom is 0.141 e. The Labute approximate surface area is 67.6 Å².